The standard InChI is InChI=1S/C67H69N9O8/c68-41-51-24-29-59(30-25-51)76(75-47-71-72-48-75)42-52-22-20-50(21-23-52)39-63(80)70-35-13-2-1-12-34-69-62(79)33-27-49-26-31-60(77)57(38-49)43-73(45-64(81)82)36-37-74(46-65(83)84)44-58-40-56(28-32-61(58)78)67(55-18-10-5-11-19-55)66(53-14-6-3-7-15-53)54-16-8-4-9-17-54/h3-11,14-26,28-32,38,40,47-48,77-78H,1-2,12-13,27,33-37,39,42-46H2,(H,69,79)(H,70,80)(H,81,82)(H,83,84). The number of carboxylic acid groups (broad SMARTS) is 2. The van der Waals surface area contributed by atoms with E-state index in [0.717, 1.165) is 81.5 Å². The number of carbonyl (C=O) groups excluding carboxylic acids is 2. The molecule has 8 aromatic rings. The van der Waals surface area contributed by atoms with E-state index >= 15 is 0 Å². The summed E-state index contributed by atoms with van der Waals surface area (Å²) in [6, 6.07) is 57.8. The minimum atomic E-state index is -1.10. The third kappa shape index (κ3) is 18.1. The third-order valence-corrected chi connectivity index (χ3v) is 14.3. The van der Waals surface area contributed by atoms with Crippen LogP contribution in [0.25, 0.3) is 11.1 Å². The highest BCUT2D eigenvalue weighted by atomic mass is 16.4. The van der Waals surface area contributed by atoms with Crippen molar-refractivity contribution in [1.82, 2.24) is 35.3 Å². The molecule has 0 aliphatic heterocycles. The Hall–Kier alpha value is -9.89. The maximum absolute atomic E-state index is 12.9. The average molecular weight is 1130 g/mol. The number of benzene rings is 7. The molecule has 430 valence electrons. The largest absolute Gasteiger partial charge is 0.508 e. The Bertz CT molecular complexity index is 3460. The zero-order valence-corrected chi connectivity index (χ0v) is 46.8. The van der Waals surface area contributed by atoms with Gasteiger partial charge in [-0.05, 0) is 112 Å². The minimum Gasteiger partial charge on any atom is -0.508 e. The van der Waals surface area contributed by atoms with Crippen molar-refractivity contribution in [3.05, 3.63) is 244 Å². The number of phenolic OH excluding ortho intramolecular Hbond substituents is 2. The molecule has 0 saturated carbocycles. The summed E-state index contributed by atoms with van der Waals surface area (Å²) in [5.41, 5.74) is 10.7. The molecule has 17 heteroatoms. The Morgan fingerprint density at radius 3 is 1.51 bits per heavy atom. The normalized spacial score (nSPS) is 11.0. The molecule has 0 saturated heterocycles. The lowest BCUT2D eigenvalue weighted by Gasteiger charge is -2.27. The van der Waals surface area contributed by atoms with E-state index in [1.807, 2.05) is 120 Å². The van der Waals surface area contributed by atoms with Gasteiger partial charge in [-0.2, -0.15) is 5.26 Å². The van der Waals surface area contributed by atoms with Crippen molar-refractivity contribution in [3.63, 3.8) is 0 Å². The summed E-state index contributed by atoms with van der Waals surface area (Å²) in [7, 11) is 0. The van der Waals surface area contributed by atoms with E-state index in [4.69, 9.17) is 0 Å². The topological polar surface area (TPSA) is 237 Å². The molecule has 8 rings (SSSR count). The minimum absolute atomic E-state index is 0.0140. The number of rotatable bonds is 31. The van der Waals surface area contributed by atoms with E-state index in [0.29, 0.717) is 42.7 Å². The first-order valence-electron chi connectivity index (χ1n) is 28.0. The number of carbonyl (C=O) groups is 4. The number of hydrogen-bond donors (Lipinski definition) is 6. The molecule has 0 atom stereocenters. The molecule has 6 N–H and O–H groups in total. The molecular formula is C67H69N9O8. The number of nitriles is 1. The molecule has 0 aliphatic carbocycles. The van der Waals surface area contributed by atoms with Gasteiger partial charge in [0.1, 0.15) is 24.2 Å². The number of nitrogens with one attached hydrogen (secondary N) is 2. The van der Waals surface area contributed by atoms with Crippen molar-refractivity contribution in [2.75, 3.05) is 44.3 Å². The monoisotopic (exact) mass is 1130 g/mol. The van der Waals surface area contributed by atoms with E-state index in [-0.39, 0.29) is 75.4 Å². The average Bonchev–Trinajstić information content (AvgIpc) is 3.33. The van der Waals surface area contributed by atoms with Crippen LogP contribution in [0, 0.1) is 11.3 Å². The van der Waals surface area contributed by atoms with Gasteiger partial charge in [-0.15, -0.1) is 10.2 Å². The summed E-state index contributed by atoms with van der Waals surface area (Å²) in [6.45, 7) is 1.13. The zero-order chi connectivity index (χ0) is 59.0. The van der Waals surface area contributed by atoms with Crippen LogP contribution in [0.5, 0.6) is 11.5 Å². The highest BCUT2D eigenvalue weighted by molar-refractivity contribution is 6.04. The lowest BCUT2D eigenvalue weighted by atomic mass is 9.85. The second kappa shape index (κ2) is 30.8. The van der Waals surface area contributed by atoms with Crippen molar-refractivity contribution in [1.29, 1.82) is 5.26 Å². The van der Waals surface area contributed by atoms with E-state index in [1.165, 1.54) is 6.07 Å². The molecule has 0 fully saturated rings. The van der Waals surface area contributed by atoms with E-state index < -0.39 is 11.9 Å². The van der Waals surface area contributed by atoms with Crippen molar-refractivity contribution >= 4 is 40.6 Å². The molecule has 2 amide bonds. The van der Waals surface area contributed by atoms with Gasteiger partial charge < -0.3 is 31.1 Å². The Morgan fingerprint density at radius 2 is 0.988 bits per heavy atom. The van der Waals surface area contributed by atoms with Gasteiger partial charge in [0, 0.05) is 56.8 Å². The molecule has 0 radical (unpaired) electrons. The van der Waals surface area contributed by atoms with Gasteiger partial charge >= 0.3 is 11.9 Å². The van der Waals surface area contributed by atoms with Crippen LogP contribution in [0.3, 0.4) is 0 Å². The highest BCUT2D eigenvalue weighted by Crippen LogP contribution is 2.38. The van der Waals surface area contributed by atoms with Crippen LogP contribution in [0.2, 0.25) is 0 Å². The number of aryl methyl sites for hydroxylation is 1. The molecule has 7 aromatic carbocycles. The second-order valence-corrected chi connectivity index (χ2v) is 20.5. The SMILES string of the molecule is N#Cc1ccc(N(Cc2ccc(CC(=O)NCCCCCCNC(=O)CCc3ccc(O)c(CN(CCN(CC(=O)O)Cc4cc(C(=C(c5ccccc5)c5ccccc5)c5ccccc5)ccc4O)CC(=O)O)c3)cc2)n2cnnc2)cc1. The number of amides is 2. The highest BCUT2D eigenvalue weighted by Gasteiger charge is 2.22. The lowest BCUT2D eigenvalue weighted by Crippen LogP contribution is -2.39. The molecule has 0 bridgehead atoms. The maximum Gasteiger partial charge on any atom is 0.317 e. The van der Waals surface area contributed by atoms with Crippen LogP contribution in [0.4, 0.5) is 5.69 Å². The summed E-state index contributed by atoms with van der Waals surface area (Å²) in [6.07, 6.45) is 7.42. The van der Waals surface area contributed by atoms with Crippen molar-refractivity contribution in [2.45, 2.75) is 64.6 Å². The summed E-state index contributed by atoms with van der Waals surface area (Å²) < 4.78 is 1.78. The summed E-state index contributed by atoms with van der Waals surface area (Å²) in [4.78, 5) is 53.4. The van der Waals surface area contributed by atoms with Crippen LogP contribution in [-0.2, 0) is 51.7 Å². The zero-order valence-electron chi connectivity index (χ0n) is 46.8. The van der Waals surface area contributed by atoms with Crippen LogP contribution < -0.4 is 15.6 Å². The Morgan fingerprint density at radius 1 is 0.512 bits per heavy atom. The van der Waals surface area contributed by atoms with Crippen molar-refractivity contribution in [3.8, 4) is 17.6 Å². The number of aliphatic carboxylic acids is 2. The molecule has 17 nitrogen and oxygen atoms in total. The first-order chi connectivity index (χ1) is 40.9. The maximum atomic E-state index is 12.9. The number of aromatic nitrogens is 3. The molecular weight excluding hydrogens is 1060 g/mol. The van der Waals surface area contributed by atoms with E-state index in [2.05, 4.69) is 51.2 Å². The number of aromatic hydroxyl groups is 2. The first kappa shape index (κ1) is 60.2. The quantitative estimate of drug-likeness (QED) is 0.0175. The molecule has 84 heavy (non-hydrogen) atoms. The number of anilines is 1. The second-order valence-electron chi connectivity index (χ2n) is 20.5. The number of phenols is 2. The number of nitrogens with zero attached hydrogens (tertiary/aromatic N) is 7. The van der Waals surface area contributed by atoms with Gasteiger partial charge in [0.15, 0.2) is 0 Å². The van der Waals surface area contributed by atoms with Gasteiger partial charge in [-0.1, -0.05) is 146 Å². The summed E-state index contributed by atoms with van der Waals surface area (Å²) in [5, 5.41) is 67.4. The Kier molecular flexibility index (Phi) is 22.1. The van der Waals surface area contributed by atoms with Crippen molar-refractivity contribution in [2.24, 2.45) is 0 Å². The molecule has 1 heterocycles. The fourth-order valence-electron chi connectivity index (χ4n) is 10.0. The van der Waals surface area contributed by atoms with Crippen molar-refractivity contribution < 1.29 is 39.6 Å². The predicted octanol–water partition coefficient (Wildman–Crippen LogP) is 9.48. The van der Waals surface area contributed by atoms with Crippen LogP contribution >= 0.6 is 0 Å². The number of unbranched alkanes of at least 4 members (excludes halogenated alkanes) is 3. The number of hydrogen-bond acceptors (Lipinski definition) is 12. The van der Waals surface area contributed by atoms with Gasteiger partial charge in [-0.3, -0.25) is 34.0 Å². The Labute approximate surface area is 489 Å². The van der Waals surface area contributed by atoms with Crippen LogP contribution in [0.15, 0.2) is 189 Å². The van der Waals surface area contributed by atoms with Gasteiger partial charge in [0.25, 0.3) is 0 Å². The van der Waals surface area contributed by atoms with E-state index in [9.17, 15) is 44.9 Å². The molecule has 0 spiro atoms. The first-order valence-corrected chi connectivity index (χ1v) is 28.0. The van der Waals surface area contributed by atoms with Gasteiger partial charge in [0.2, 0.25) is 11.8 Å². The molecule has 1 aromatic heterocycles. The fourth-order valence-corrected chi connectivity index (χ4v) is 10.0. The predicted molar refractivity (Wildman–Crippen MR) is 322 cm³/mol. The van der Waals surface area contributed by atoms with Crippen LogP contribution in [0.1, 0.15) is 87.7 Å². The van der Waals surface area contributed by atoms with Gasteiger partial charge in [-0.25, -0.2) is 4.68 Å². The summed E-state index contributed by atoms with van der Waals surface area (Å²) in [5.74, 6) is -2.41. The van der Waals surface area contributed by atoms with Crippen LogP contribution in [-0.4, -0.2) is 108 Å². The van der Waals surface area contributed by atoms with E-state index in [1.54, 1.807) is 57.5 Å². The smallest absolute Gasteiger partial charge is 0.317 e. The molecule has 0 unspecified atom stereocenters. The number of carboxylic acids is 2. The molecule has 0 aliphatic rings. The van der Waals surface area contributed by atoms with Gasteiger partial charge in [0.05, 0.1) is 43.4 Å². The third-order valence-electron chi connectivity index (χ3n) is 14.3. The Balaban J connectivity index is 0.786. The lowest BCUT2D eigenvalue weighted by molar-refractivity contribution is -0.140. The fraction of sp³-hybridized carbons (Fsp3) is 0.239. The summed E-state index contributed by atoms with van der Waals surface area (Å²) >= 11 is 0.